The van der Waals surface area contributed by atoms with E-state index < -0.39 is 147 Å². The molecule has 312 valence electrons. The van der Waals surface area contributed by atoms with Gasteiger partial charge in [0.1, 0.15) is 25.4 Å². The first-order valence-electron chi connectivity index (χ1n) is 17.0. The van der Waals surface area contributed by atoms with Crippen LogP contribution in [-0.4, -0.2) is 147 Å². The topological polar surface area (TPSA) is 274 Å². The molecular weight excluding hydrogens is 760 g/mol. The molecule has 0 aromatic rings. The molecule has 3 aliphatic rings. The van der Waals surface area contributed by atoms with Gasteiger partial charge in [0.25, 0.3) is 0 Å². The lowest BCUT2D eigenvalue weighted by molar-refractivity contribution is -0.326. The lowest BCUT2D eigenvalue weighted by Crippen LogP contribution is -2.64. The summed E-state index contributed by atoms with van der Waals surface area (Å²) in [6.45, 7) is 6.59. The first-order chi connectivity index (χ1) is 26.3. The van der Waals surface area contributed by atoms with E-state index in [4.69, 9.17) is 61.6 Å². The monoisotopic (exact) mass is 804 g/mol. The molecule has 0 aromatic carbocycles. The maximum atomic E-state index is 13.4. The van der Waals surface area contributed by atoms with E-state index in [1.54, 1.807) is 0 Å². The van der Waals surface area contributed by atoms with Crippen molar-refractivity contribution in [3.05, 3.63) is 12.3 Å². The fraction of sp³-hybridized carbons (Fsp3) is 0.676. The Hall–Kier alpha value is -5.19. The van der Waals surface area contributed by atoms with E-state index in [1.807, 2.05) is 0 Å². The highest BCUT2D eigenvalue weighted by molar-refractivity contribution is 5.94. The maximum absolute atomic E-state index is 13.4. The van der Waals surface area contributed by atoms with E-state index in [0.717, 1.165) is 67.7 Å². The molecule has 0 amide bonds. The number of rotatable bonds is 15. The molecule has 3 heterocycles. The van der Waals surface area contributed by atoms with Crippen LogP contribution < -0.4 is 0 Å². The molecule has 0 bridgehead atoms. The second-order valence-electron chi connectivity index (χ2n) is 12.4. The van der Waals surface area contributed by atoms with Gasteiger partial charge in [0.2, 0.25) is 0 Å². The normalized spacial score (nSPS) is 31.0. The second-order valence-corrected chi connectivity index (χ2v) is 12.4. The Labute approximate surface area is 319 Å². The van der Waals surface area contributed by atoms with Crippen molar-refractivity contribution in [3.63, 3.8) is 0 Å². The quantitative estimate of drug-likeness (QED) is 0.142. The highest BCUT2D eigenvalue weighted by Crippen LogP contribution is 2.33. The Morgan fingerprint density at radius 3 is 1.27 bits per heavy atom. The Bertz CT molecular complexity index is 1520. The molecule has 0 unspecified atom stereocenters. The highest BCUT2D eigenvalue weighted by atomic mass is 16.8. The summed E-state index contributed by atoms with van der Waals surface area (Å²) >= 11 is 0. The molecule has 22 nitrogen and oxygen atoms in total. The van der Waals surface area contributed by atoms with Crippen LogP contribution in [0.5, 0.6) is 0 Å². The summed E-state index contributed by atoms with van der Waals surface area (Å²) in [7, 11) is 0. The number of hydrogen-bond donors (Lipinski definition) is 0. The van der Waals surface area contributed by atoms with E-state index >= 15 is 0 Å². The van der Waals surface area contributed by atoms with Gasteiger partial charge in [-0.1, -0.05) is 0 Å². The lowest BCUT2D eigenvalue weighted by atomic mass is 9.97. The molecule has 0 aromatic heterocycles. The summed E-state index contributed by atoms with van der Waals surface area (Å²) in [5.74, 6) is -7.62. The molecule has 0 spiro atoms. The summed E-state index contributed by atoms with van der Waals surface area (Å²) in [5, 5.41) is 0. The van der Waals surface area contributed by atoms with Gasteiger partial charge in [-0.05, 0) is 0 Å². The van der Waals surface area contributed by atoms with Crippen molar-refractivity contribution in [2.75, 3.05) is 19.8 Å². The molecule has 2 saturated heterocycles. The number of carbonyl (C=O) groups is 9. The number of hydrogen-bond acceptors (Lipinski definition) is 22. The minimum atomic E-state index is -1.80. The van der Waals surface area contributed by atoms with Gasteiger partial charge in [0, 0.05) is 61.5 Å². The highest BCUT2D eigenvalue weighted by Gasteiger charge is 2.56. The summed E-state index contributed by atoms with van der Waals surface area (Å²) in [4.78, 5) is 110. The van der Waals surface area contributed by atoms with E-state index in [2.05, 4.69) is 0 Å². The molecule has 0 N–H and O–H groups in total. The first kappa shape index (κ1) is 45.2. The first-order valence-corrected chi connectivity index (χ1v) is 17.0. The predicted octanol–water partition coefficient (Wildman–Crippen LogP) is -0.964. The zero-order chi connectivity index (χ0) is 41.9. The summed E-state index contributed by atoms with van der Waals surface area (Å²) < 4.78 is 72.0. The predicted molar refractivity (Wildman–Crippen MR) is 174 cm³/mol. The van der Waals surface area contributed by atoms with Gasteiger partial charge in [-0.3, -0.25) is 43.2 Å². The largest absolute Gasteiger partial charge is 0.492 e. The molecule has 0 aliphatic carbocycles. The number of ether oxygens (including phenoxy) is 13. The van der Waals surface area contributed by atoms with Crippen molar-refractivity contribution in [2.45, 2.75) is 129 Å². The number of esters is 8. The van der Waals surface area contributed by atoms with Crippen molar-refractivity contribution in [3.8, 4) is 0 Å². The van der Waals surface area contributed by atoms with Crippen LogP contribution in [0, 0.1) is 0 Å². The summed E-state index contributed by atoms with van der Waals surface area (Å²) in [6, 6.07) is 0. The molecule has 3 rings (SSSR count). The zero-order valence-corrected chi connectivity index (χ0v) is 31.7. The van der Waals surface area contributed by atoms with Crippen molar-refractivity contribution in [1.82, 2.24) is 0 Å². The second kappa shape index (κ2) is 20.6. The summed E-state index contributed by atoms with van der Waals surface area (Å²) in [6.07, 6.45) is -16.8. The molecule has 0 saturated carbocycles. The van der Waals surface area contributed by atoms with Crippen LogP contribution in [0.25, 0.3) is 0 Å². The van der Waals surface area contributed by atoms with Gasteiger partial charge in [-0.2, -0.15) is 0 Å². The van der Waals surface area contributed by atoms with Crippen LogP contribution in [0.15, 0.2) is 12.3 Å². The van der Waals surface area contributed by atoms with Crippen LogP contribution in [0.4, 0.5) is 0 Å². The SMILES string of the molecule is CC(=O)OC[C@H]1O[C@@H](O[C@H]2C(=O)C=CO[C@H]2CO[C@H]2O[C@H](COC(C)=O)[C@@H](OC(C)=O)[C@H](OC(C)=O)[C@@H]2OC(C)=O)[C@H](OC(C)=O)[C@@H](OC(C)=O)[C@H]1OC(C)=O. The number of ketones is 1. The van der Waals surface area contributed by atoms with E-state index in [-0.39, 0.29) is 0 Å². The fourth-order valence-electron chi connectivity index (χ4n) is 5.79. The third-order valence-electron chi connectivity index (χ3n) is 7.71. The average molecular weight is 805 g/mol. The Kier molecular flexibility index (Phi) is 16.7. The van der Waals surface area contributed by atoms with Crippen LogP contribution >= 0.6 is 0 Å². The molecule has 0 radical (unpaired) electrons. The minimum Gasteiger partial charge on any atom is -0.492 e. The zero-order valence-electron chi connectivity index (χ0n) is 31.7. The maximum Gasteiger partial charge on any atom is 0.303 e. The van der Waals surface area contributed by atoms with Gasteiger partial charge < -0.3 is 61.6 Å². The fourth-order valence-corrected chi connectivity index (χ4v) is 5.79. The molecule has 22 heteroatoms. The third-order valence-corrected chi connectivity index (χ3v) is 7.71. The molecular formula is C34H44O22. The Balaban J connectivity index is 1.99. The van der Waals surface area contributed by atoms with Crippen molar-refractivity contribution in [2.24, 2.45) is 0 Å². The Morgan fingerprint density at radius 1 is 0.482 bits per heavy atom. The van der Waals surface area contributed by atoms with Crippen LogP contribution in [0.2, 0.25) is 0 Å². The standard InChI is InChI=1S/C34H44O22/c1-14(35)45-12-24-27(48-16(3)37)29(50-18(5)39)31(52-20(7)41)33(54-24)47-11-23-26(22(43)9-10-44-23)56-34-32(53-21(8)42)30(51-19(6)40)28(49-17(4)38)25(55-34)13-46-15(2)36/h9-10,23-34H,11-13H2,1-8H3/t23-,24+,25+,26-,27+,28-,29-,30-,31-,32+,33-,34-/m0/s1. The van der Waals surface area contributed by atoms with E-state index in [0.29, 0.717) is 0 Å². The van der Waals surface area contributed by atoms with E-state index in [9.17, 15) is 43.2 Å². The van der Waals surface area contributed by atoms with Gasteiger partial charge in [0.15, 0.2) is 67.2 Å². The third kappa shape index (κ3) is 13.2. The lowest BCUT2D eigenvalue weighted by Gasteiger charge is -2.45. The van der Waals surface area contributed by atoms with Crippen molar-refractivity contribution in [1.29, 1.82) is 0 Å². The van der Waals surface area contributed by atoms with Crippen molar-refractivity contribution < 1.29 is 105 Å². The summed E-state index contributed by atoms with van der Waals surface area (Å²) in [5.41, 5.74) is 0. The van der Waals surface area contributed by atoms with Gasteiger partial charge >= 0.3 is 47.8 Å². The number of carbonyl (C=O) groups excluding carboxylic acids is 9. The average Bonchev–Trinajstić information content (AvgIpc) is 3.06. The molecule has 2 fully saturated rings. The van der Waals surface area contributed by atoms with Gasteiger partial charge in [-0.25, -0.2) is 0 Å². The minimum absolute atomic E-state index is 0.548. The van der Waals surface area contributed by atoms with E-state index in [1.165, 1.54) is 0 Å². The smallest absolute Gasteiger partial charge is 0.303 e. The van der Waals surface area contributed by atoms with Crippen LogP contribution in [0.3, 0.4) is 0 Å². The van der Waals surface area contributed by atoms with Crippen LogP contribution in [-0.2, 0) is 105 Å². The van der Waals surface area contributed by atoms with Crippen molar-refractivity contribution >= 4 is 53.5 Å². The molecule has 12 atom stereocenters. The van der Waals surface area contributed by atoms with Gasteiger partial charge in [0.05, 0.1) is 12.9 Å². The van der Waals surface area contributed by atoms with Gasteiger partial charge in [-0.15, -0.1) is 0 Å². The Morgan fingerprint density at radius 2 is 0.857 bits per heavy atom. The van der Waals surface area contributed by atoms with Crippen LogP contribution in [0.1, 0.15) is 55.4 Å². The molecule has 56 heavy (non-hydrogen) atoms. The molecule has 3 aliphatic heterocycles.